The minimum Gasteiger partial charge on any atom is -0.461 e. The highest BCUT2D eigenvalue weighted by molar-refractivity contribution is 7.90. The first kappa shape index (κ1) is 24.7. The van der Waals surface area contributed by atoms with Crippen LogP contribution in [0.5, 0.6) is 5.88 Å². The molecule has 0 saturated heterocycles. The Bertz CT molecular complexity index is 1530. The highest BCUT2D eigenvalue weighted by atomic mass is 32.2. The standard InChI is InChI=1S/C24H25N7O5S/c1-15-10-26-21(12-25-15)30-23(32)19(13-35-16-6-5-7-16)36-24-17-11-29-31(22(17)27-14-28-24)18-8-3-4-9-20(18)37(2,33)34/h3-4,8-12,14,16,19H,5-7,13H2,1-2H3,(H,26,30,32)/t19-/m0/s1. The van der Waals surface area contributed by atoms with Crippen molar-refractivity contribution in [2.24, 2.45) is 0 Å². The maximum absolute atomic E-state index is 13.1. The van der Waals surface area contributed by atoms with Gasteiger partial charge in [0.05, 0.1) is 47.6 Å². The Labute approximate surface area is 213 Å². The first-order valence-corrected chi connectivity index (χ1v) is 13.5. The summed E-state index contributed by atoms with van der Waals surface area (Å²) in [7, 11) is -3.53. The van der Waals surface area contributed by atoms with Gasteiger partial charge in [-0.25, -0.2) is 28.1 Å². The number of benzene rings is 1. The average Bonchev–Trinajstić information content (AvgIpc) is 3.28. The molecule has 3 heterocycles. The second kappa shape index (κ2) is 10.2. The molecule has 0 spiro atoms. The summed E-state index contributed by atoms with van der Waals surface area (Å²) in [6, 6.07) is 6.49. The van der Waals surface area contributed by atoms with E-state index in [4.69, 9.17) is 9.47 Å². The summed E-state index contributed by atoms with van der Waals surface area (Å²) in [4.78, 5) is 30.0. The molecule has 12 nitrogen and oxygen atoms in total. The third-order valence-electron chi connectivity index (χ3n) is 5.94. The second-order valence-corrected chi connectivity index (χ2v) is 10.7. The van der Waals surface area contributed by atoms with Crippen molar-refractivity contribution < 1.29 is 22.7 Å². The van der Waals surface area contributed by atoms with Gasteiger partial charge < -0.3 is 14.8 Å². The van der Waals surface area contributed by atoms with Crippen LogP contribution in [0.4, 0.5) is 5.82 Å². The van der Waals surface area contributed by atoms with Gasteiger partial charge in [-0.3, -0.25) is 9.78 Å². The van der Waals surface area contributed by atoms with Crippen LogP contribution in [0.2, 0.25) is 0 Å². The van der Waals surface area contributed by atoms with Gasteiger partial charge in [0.2, 0.25) is 12.0 Å². The summed E-state index contributed by atoms with van der Waals surface area (Å²) < 4.78 is 38.0. The number of carbonyl (C=O) groups excluding carboxylic acids is 1. The molecule has 0 radical (unpaired) electrons. The summed E-state index contributed by atoms with van der Waals surface area (Å²) in [6.07, 6.45) is 8.86. The van der Waals surface area contributed by atoms with Gasteiger partial charge in [0.25, 0.3) is 5.91 Å². The number of ether oxygens (including phenoxy) is 2. The molecule has 13 heteroatoms. The van der Waals surface area contributed by atoms with E-state index in [1.807, 2.05) is 0 Å². The number of sulfone groups is 1. The third-order valence-corrected chi connectivity index (χ3v) is 7.08. The van der Waals surface area contributed by atoms with E-state index in [1.54, 1.807) is 31.3 Å². The lowest BCUT2D eigenvalue weighted by Gasteiger charge is -2.27. The maximum atomic E-state index is 13.1. The Hall–Kier alpha value is -3.97. The number of hydrogen-bond donors (Lipinski definition) is 1. The SMILES string of the molecule is Cc1cnc(NC(=O)[C@H](COC2CCC2)Oc2ncnc3c2cnn3-c2ccccc2S(C)(=O)=O)cn1. The van der Waals surface area contributed by atoms with Crippen molar-refractivity contribution in [2.45, 2.75) is 43.3 Å². The van der Waals surface area contributed by atoms with E-state index in [0.717, 1.165) is 31.2 Å². The molecule has 1 N–H and O–H groups in total. The zero-order valence-electron chi connectivity index (χ0n) is 20.2. The molecule has 1 fully saturated rings. The Kier molecular flexibility index (Phi) is 6.80. The first-order chi connectivity index (χ1) is 17.8. The lowest BCUT2D eigenvalue weighted by atomic mass is 9.96. The minimum atomic E-state index is -3.53. The molecule has 4 aromatic rings. The molecule has 0 bridgehead atoms. The highest BCUT2D eigenvalue weighted by Crippen LogP contribution is 2.28. The number of amides is 1. The fourth-order valence-electron chi connectivity index (χ4n) is 3.76. The van der Waals surface area contributed by atoms with Gasteiger partial charge in [0.1, 0.15) is 11.7 Å². The van der Waals surface area contributed by atoms with Crippen molar-refractivity contribution in [3.63, 3.8) is 0 Å². The van der Waals surface area contributed by atoms with Crippen LogP contribution in [0, 0.1) is 6.92 Å². The van der Waals surface area contributed by atoms with E-state index in [1.165, 1.54) is 29.5 Å². The quantitative estimate of drug-likeness (QED) is 0.346. The van der Waals surface area contributed by atoms with Crippen LogP contribution in [-0.2, 0) is 19.4 Å². The monoisotopic (exact) mass is 523 g/mol. The van der Waals surface area contributed by atoms with Gasteiger partial charge in [0.15, 0.2) is 21.3 Å². The number of rotatable bonds is 9. The number of hydrogen-bond acceptors (Lipinski definition) is 10. The van der Waals surface area contributed by atoms with Gasteiger partial charge in [0, 0.05) is 6.26 Å². The van der Waals surface area contributed by atoms with Gasteiger partial charge in [-0.15, -0.1) is 0 Å². The number of aromatic nitrogens is 6. The Morgan fingerprint density at radius 2 is 1.95 bits per heavy atom. The molecule has 192 valence electrons. The molecule has 3 aromatic heterocycles. The predicted molar refractivity (Wildman–Crippen MR) is 133 cm³/mol. The molecular formula is C24H25N7O5S. The molecule has 1 amide bonds. The summed E-state index contributed by atoms with van der Waals surface area (Å²) in [5, 5.41) is 7.45. The van der Waals surface area contributed by atoms with Crippen LogP contribution in [0.15, 0.2) is 54.1 Å². The maximum Gasteiger partial charge on any atom is 0.269 e. The van der Waals surface area contributed by atoms with E-state index in [2.05, 4.69) is 30.4 Å². The van der Waals surface area contributed by atoms with Crippen LogP contribution in [-0.4, -0.2) is 69.1 Å². The average molecular weight is 524 g/mol. The predicted octanol–water partition coefficient (Wildman–Crippen LogP) is 2.27. The lowest BCUT2D eigenvalue weighted by Crippen LogP contribution is -2.39. The van der Waals surface area contributed by atoms with Crippen molar-refractivity contribution in [3.8, 4) is 11.6 Å². The van der Waals surface area contributed by atoms with E-state index < -0.39 is 21.8 Å². The van der Waals surface area contributed by atoms with Crippen molar-refractivity contribution >= 4 is 32.6 Å². The highest BCUT2D eigenvalue weighted by Gasteiger charge is 2.28. The fraction of sp³-hybridized carbons (Fsp3) is 0.333. The lowest BCUT2D eigenvalue weighted by molar-refractivity contribution is -0.128. The van der Waals surface area contributed by atoms with Crippen LogP contribution >= 0.6 is 0 Å². The van der Waals surface area contributed by atoms with Crippen LogP contribution in [0.3, 0.4) is 0 Å². The summed E-state index contributed by atoms with van der Waals surface area (Å²) >= 11 is 0. The number of nitrogens with zero attached hydrogens (tertiary/aromatic N) is 6. The van der Waals surface area contributed by atoms with Crippen LogP contribution in [0.25, 0.3) is 16.7 Å². The van der Waals surface area contributed by atoms with E-state index in [9.17, 15) is 13.2 Å². The molecular weight excluding hydrogens is 498 g/mol. The Balaban J connectivity index is 1.45. The Morgan fingerprint density at radius 1 is 1.14 bits per heavy atom. The number of aryl methyl sites for hydroxylation is 1. The first-order valence-electron chi connectivity index (χ1n) is 11.7. The smallest absolute Gasteiger partial charge is 0.269 e. The fourth-order valence-corrected chi connectivity index (χ4v) is 4.62. The molecule has 0 unspecified atom stereocenters. The molecule has 1 aliphatic rings. The zero-order valence-corrected chi connectivity index (χ0v) is 21.1. The molecule has 37 heavy (non-hydrogen) atoms. The summed E-state index contributed by atoms with van der Waals surface area (Å²) in [6.45, 7) is 1.80. The minimum absolute atomic E-state index is 0.00628. The zero-order chi connectivity index (χ0) is 26.0. The van der Waals surface area contributed by atoms with Crippen molar-refractivity contribution in [2.75, 3.05) is 18.2 Å². The normalized spacial score (nSPS) is 14.8. The third kappa shape index (κ3) is 5.42. The number of fused-ring (bicyclic) bond motifs is 1. The van der Waals surface area contributed by atoms with Gasteiger partial charge in [-0.2, -0.15) is 5.10 Å². The number of nitrogens with one attached hydrogen (secondary N) is 1. The van der Waals surface area contributed by atoms with Crippen LogP contribution < -0.4 is 10.1 Å². The van der Waals surface area contributed by atoms with E-state index >= 15 is 0 Å². The summed E-state index contributed by atoms with van der Waals surface area (Å²) in [5.74, 6) is -0.0784. The Morgan fingerprint density at radius 3 is 2.65 bits per heavy atom. The molecule has 1 aliphatic carbocycles. The second-order valence-electron chi connectivity index (χ2n) is 8.74. The number of carbonyl (C=O) groups is 1. The van der Waals surface area contributed by atoms with Crippen molar-refractivity contribution in [1.29, 1.82) is 0 Å². The van der Waals surface area contributed by atoms with Crippen molar-refractivity contribution in [3.05, 3.63) is 54.9 Å². The van der Waals surface area contributed by atoms with Gasteiger partial charge in [-0.05, 0) is 38.3 Å². The molecule has 1 saturated carbocycles. The van der Waals surface area contributed by atoms with Gasteiger partial charge >= 0.3 is 0 Å². The van der Waals surface area contributed by atoms with E-state index in [-0.39, 0.29) is 29.3 Å². The van der Waals surface area contributed by atoms with Crippen molar-refractivity contribution in [1.82, 2.24) is 29.7 Å². The molecule has 1 aromatic carbocycles. The van der Waals surface area contributed by atoms with Crippen LogP contribution in [0.1, 0.15) is 25.0 Å². The molecule has 1 atom stereocenters. The largest absolute Gasteiger partial charge is 0.461 e. The topological polar surface area (TPSA) is 151 Å². The molecule has 5 rings (SSSR count). The number of para-hydroxylation sites is 1. The summed E-state index contributed by atoms with van der Waals surface area (Å²) in [5.41, 5.74) is 1.38. The molecule has 0 aliphatic heterocycles. The number of anilines is 1. The van der Waals surface area contributed by atoms with E-state index in [0.29, 0.717) is 16.7 Å². The van der Waals surface area contributed by atoms with Gasteiger partial charge in [-0.1, -0.05) is 12.1 Å².